The van der Waals surface area contributed by atoms with E-state index < -0.39 is 22.8 Å². The fourth-order valence-corrected chi connectivity index (χ4v) is 3.55. The van der Waals surface area contributed by atoms with E-state index >= 15 is 0 Å². The van der Waals surface area contributed by atoms with Crippen LogP contribution in [0, 0.1) is 22.9 Å². The molecule has 0 radical (unpaired) electrons. The topological polar surface area (TPSA) is 84.7 Å². The van der Waals surface area contributed by atoms with Crippen LogP contribution in [0.1, 0.15) is 24.1 Å². The molecule has 0 saturated heterocycles. The number of nitro groups is 1. The lowest BCUT2D eigenvalue weighted by atomic mass is 9.94. The van der Waals surface area contributed by atoms with E-state index in [-0.39, 0.29) is 16.4 Å². The van der Waals surface area contributed by atoms with Crippen LogP contribution in [0.2, 0.25) is 0 Å². The first-order valence-electron chi connectivity index (χ1n) is 8.64. The van der Waals surface area contributed by atoms with E-state index in [9.17, 15) is 19.3 Å². The zero-order chi connectivity index (χ0) is 21.3. The summed E-state index contributed by atoms with van der Waals surface area (Å²) in [6.45, 7) is 3.34. The molecule has 3 rings (SSSR count). The standard InChI is InChI=1S/C20H18FN3O4S/c1-11-4-7-15(10-16(11)21)23-12(2)17(19(25)28-3)18(22-20(23)29)13-5-8-14(9-6-13)24(26)27/h4-10,18H,1-3H3,(H,22,29)/t18-/m0/s1. The predicted octanol–water partition coefficient (Wildman–Crippen LogP) is 3.93. The molecule has 0 aliphatic carbocycles. The molecule has 7 nitrogen and oxygen atoms in total. The molecule has 0 spiro atoms. The fourth-order valence-electron chi connectivity index (χ4n) is 3.19. The van der Waals surface area contributed by atoms with Crippen LogP contribution in [0.3, 0.4) is 0 Å². The molecule has 2 aromatic carbocycles. The van der Waals surface area contributed by atoms with E-state index in [0.29, 0.717) is 22.5 Å². The predicted molar refractivity (Wildman–Crippen MR) is 110 cm³/mol. The summed E-state index contributed by atoms with van der Waals surface area (Å²) in [7, 11) is 1.26. The van der Waals surface area contributed by atoms with Crippen molar-refractivity contribution in [2.24, 2.45) is 0 Å². The Hall–Kier alpha value is -3.33. The van der Waals surface area contributed by atoms with Crippen molar-refractivity contribution >= 4 is 34.7 Å². The van der Waals surface area contributed by atoms with E-state index in [4.69, 9.17) is 17.0 Å². The van der Waals surface area contributed by atoms with Gasteiger partial charge in [0.1, 0.15) is 5.82 Å². The van der Waals surface area contributed by atoms with Gasteiger partial charge in [-0.05, 0) is 61.5 Å². The minimum absolute atomic E-state index is 0.0655. The SMILES string of the molecule is COC(=O)C1=C(C)N(c2ccc(C)c(F)c2)C(=S)N[C@H]1c1ccc([N+](=O)[O-])cc1. The van der Waals surface area contributed by atoms with E-state index in [0.717, 1.165) is 0 Å². The molecule has 0 aromatic heterocycles. The third-order valence-corrected chi connectivity index (χ3v) is 5.04. The highest BCUT2D eigenvalue weighted by molar-refractivity contribution is 7.80. The maximum Gasteiger partial charge on any atom is 0.337 e. The second-order valence-corrected chi connectivity index (χ2v) is 6.88. The van der Waals surface area contributed by atoms with Gasteiger partial charge in [0.15, 0.2) is 5.11 Å². The number of benzene rings is 2. The number of nitro benzene ring substituents is 1. The number of ether oxygens (including phenoxy) is 1. The monoisotopic (exact) mass is 415 g/mol. The number of allylic oxidation sites excluding steroid dienone is 1. The van der Waals surface area contributed by atoms with E-state index in [1.54, 1.807) is 43.0 Å². The third kappa shape index (κ3) is 3.81. The van der Waals surface area contributed by atoms with Crippen molar-refractivity contribution in [1.82, 2.24) is 5.32 Å². The zero-order valence-electron chi connectivity index (χ0n) is 15.9. The number of anilines is 1. The van der Waals surface area contributed by atoms with Crippen LogP contribution in [0.4, 0.5) is 15.8 Å². The van der Waals surface area contributed by atoms with Crippen LogP contribution in [-0.4, -0.2) is 23.1 Å². The number of carbonyl (C=O) groups excluding carboxylic acids is 1. The second-order valence-electron chi connectivity index (χ2n) is 6.49. The molecule has 0 saturated carbocycles. The zero-order valence-corrected chi connectivity index (χ0v) is 16.7. The van der Waals surface area contributed by atoms with E-state index in [1.165, 1.54) is 25.3 Å². The lowest BCUT2D eigenvalue weighted by Gasteiger charge is -2.37. The lowest BCUT2D eigenvalue weighted by Crippen LogP contribution is -2.48. The summed E-state index contributed by atoms with van der Waals surface area (Å²) in [5, 5.41) is 14.2. The maximum absolute atomic E-state index is 14.1. The largest absolute Gasteiger partial charge is 0.466 e. The Bertz CT molecular complexity index is 1040. The molecular weight excluding hydrogens is 397 g/mol. The van der Waals surface area contributed by atoms with Crippen molar-refractivity contribution in [1.29, 1.82) is 0 Å². The highest BCUT2D eigenvalue weighted by atomic mass is 32.1. The minimum atomic E-state index is -0.665. The summed E-state index contributed by atoms with van der Waals surface area (Å²) in [4.78, 5) is 24.5. The summed E-state index contributed by atoms with van der Waals surface area (Å²) >= 11 is 5.48. The van der Waals surface area contributed by atoms with Gasteiger partial charge in [-0.15, -0.1) is 0 Å². The molecule has 2 aromatic rings. The molecule has 1 aliphatic rings. The van der Waals surface area contributed by atoms with E-state index in [1.807, 2.05) is 0 Å². The van der Waals surface area contributed by atoms with Gasteiger partial charge in [0.05, 0.1) is 29.3 Å². The second kappa shape index (κ2) is 7.96. The van der Waals surface area contributed by atoms with Crippen molar-refractivity contribution in [3.63, 3.8) is 0 Å². The van der Waals surface area contributed by atoms with Crippen LogP contribution in [0.15, 0.2) is 53.7 Å². The fraction of sp³-hybridized carbons (Fsp3) is 0.200. The third-order valence-electron chi connectivity index (χ3n) is 4.74. The molecule has 29 heavy (non-hydrogen) atoms. The Morgan fingerprint density at radius 2 is 1.90 bits per heavy atom. The molecule has 1 N–H and O–H groups in total. The molecule has 1 atom stereocenters. The molecular formula is C20H18FN3O4S. The number of rotatable bonds is 4. The van der Waals surface area contributed by atoms with Gasteiger partial charge in [0.2, 0.25) is 0 Å². The van der Waals surface area contributed by atoms with Crippen LogP contribution in [0.5, 0.6) is 0 Å². The number of esters is 1. The number of hydrogen-bond acceptors (Lipinski definition) is 5. The molecule has 0 bridgehead atoms. The first kappa shape index (κ1) is 20.4. The molecule has 150 valence electrons. The summed E-state index contributed by atoms with van der Waals surface area (Å²) in [5.41, 5.74) is 2.25. The summed E-state index contributed by atoms with van der Waals surface area (Å²) in [6.07, 6.45) is 0. The molecule has 1 aliphatic heterocycles. The van der Waals surface area contributed by atoms with Crippen molar-refractivity contribution < 1.29 is 18.8 Å². The molecule has 0 amide bonds. The smallest absolute Gasteiger partial charge is 0.337 e. The van der Waals surface area contributed by atoms with Crippen molar-refractivity contribution in [3.05, 3.63) is 80.8 Å². The Morgan fingerprint density at radius 1 is 1.24 bits per heavy atom. The number of aryl methyl sites for hydroxylation is 1. The first-order valence-corrected chi connectivity index (χ1v) is 9.05. The van der Waals surface area contributed by atoms with Gasteiger partial charge in [0.25, 0.3) is 5.69 Å². The Kier molecular flexibility index (Phi) is 5.60. The highest BCUT2D eigenvalue weighted by Gasteiger charge is 2.35. The van der Waals surface area contributed by atoms with Crippen LogP contribution >= 0.6 is 12.2 Å². The van der Waals surface area contributed by atoms with Crippen LogP contribution < -0.4 is 10.2 Å². The van der Waals surface area contributed by atoms with Gasteiger partial charge >= 0.3 is 5.97 Å². The van der Waals surface area contributed by atoms with Crippen molar-refractivity contribution in [2.45, 2.75) is 19.9 Å². The van der Waals surface area contributed by atoms with E-state index in [2.05, 4.69) is 5.32 Å². The summed E-state index contributed by atoms with van der Waals surface area (Å²) in [5.74, 6) is -0.978. The summed E-state index contributed by atoms with van der Waals surface area (Å²) in [6, 6.07) is 9.82. The number of thiocarbonyl (C=S) groups is 1. The van der Waals surface area contributed by atoms with Gasteiger partial charge in [-0.25, -0.2) is 9.18 Å². The Balaban J connectivity index is 2.11. The number of nitrogens with zero attached hydrogens (tertiary/aromatic N) is 2. The average molecular weight is 415 g/mol. The average Bonchev–Trinajstić information content (AvgIpc) is 2.69. The van der Waals surface area contributed by atoms with Crippen LogP contribution in [0.25, 0.3) is 0 Å². The molecule has 0 unspecified atom stereocenters. The number of non-ortho nitro benzene ring substituents is 1. The van der Waals surface area contributed by atoms with Gasteiger partial charge in [0, 0.05) is 17.8 Å². The number of nitrogens with one attached hydrogen (secondary N) is 1. The number of methoxy groups -OCH3 is 1. The van der Waals surface area contributed by atoms with Gasteiger partial charge in [-0.1, -0.05) is 6.07 Å². The number of halogens is 1. The Labute approximate surface area is 171 Å². The van der Waals surface area contributed by atoms with Gasteiger partial charge < -0.3 is 10.1 Å². The normalized spacial score (nSPS) is 16.5. The first-order chi connectivity index (χ1) is 13.7. The molecule has 9 heteroatoms. The number of hydrogen-bond donors (Lipinski definition) is 1. The minimum Gasteiger partial charge on any atom is -0.466 e. The van der Waals surface area contributed by atoms with Gasteiger partial charge in [-0.3, -0.25) is 15.0 Å². The summed E-state index contributed by atoms with van der Waals surface area (Å²) < 4.78 is 19.0. The quantitative estimate of drug-likeness (QED) is 0.351. The van der Waals surface area contributed by atoms with Crippen molar-refractivity contribution in [2.75, 3.05) is 12.0 Å². The highest BCUT2D eigenvalue weighted by Crippen LogP contribution is 2.35. The lowest BCUT2D eigenvalue weighted by molar-refractivity contribution is -0.384. The van der Waals surface area contributed by atoms with Gasteiger partial charge in [-0.2, -0.15) is 0 Å². The van der Waals surface area contributed by atoms with Crippen molar-refractivity contribution in [3.8, 4) is 0 Å². The molecule has 0 fully saturated rings. The van der Waals surface area contributed by atoms with Crippen LogP contribution in [-0.2, 0) is 9.53 Å². The number of carbonyl (C=O) groups is 1. The maximum atomic E-state index is 14.1. The Morgan fingerprint density at radius 3 is 2.45 bits per heavy atom. The molecule has 1 heterocycles.